The lowest BCUT2D eigenvalue weighted by molar-refractivity contribution is -0.139. The van der Waals surface area contributed by atoms with Crippen molar-refractivity contribution in [3.63, 3.8) is 0 Å². The van der Waals surface area contributed by atoms with Crippen LogP contribution in [-0.4, -0.2) is 40.7 Å². The van der Waals surface area contributed by atoms with Crippen molar-refractivity contribution in [2.75, 3.05) is 13.2 Å². The maximum atomic E-state index is 9.88. The van der Waals surface area contributed by atoms with E-state index in [1.54, 1.807) is 0 Å². The molecule has 0 amide bonds. The first-order valence-corrected chi connectivity index (χ1v) is 6.82. The van der Waals surface area contributed by atoms with Crippen molar-refractivity contribution in [1.82, 2.24) is 5.06 Å². The third-order valence-corrected chi connectivity index (χ3v) is 3.17. The van der Waals surface area contributed by atoms with Crippen LogP contribution in [0.5, 0.6) is 5.75 Å². The first kappa shape index (κ1) is 14.8. The van der Waals surface area contributed by atoms with Gasteiger partial charge in [0.2, 0.25) is 0 Å². The van der Waals surface area contributed by atoms with Gasteiger partial charge >= 0.3 is 0 Å². The van der Waals surface area contributed by atoms with Gasteiger partial charge in [-0.15, -0.1) is 0 Å². The molecule has 2 rings (SSSR count). The van der Waals surface area contributed by atoms with Gasteiger partial charge in [-0.2, -0.15) is 5.06 Å². The standard InChI is InChI=1S/C16H21NO3/c1-12(2)17(19)10-14(18)11-20-16-9-5-7-13-6-3-4-8-15(13)16/h3-9,12,14,18-19H,10-11H2,1-2H3. The van der Waals surface area contributed by atoms with Crippen LogP contribution in [0.1, 0.15) is 13.8 Å². The maximum Gasteiger partial charge on any atom is 0.127 e. The Bertz CT molecular complexity index is 551. The number of hydroxylamine groups is 2. The summed E-state index contributed by atoms with van der Waals surface area (Å²) in [5.74, 6) is 0.746. The third kappa shape index (κ3) is 3.70. The zero-order valence-corrected chi connectivity index (χ0v) is 11.9. The molecule has 0 heterocycles. The Hall–Kier alpha value is -1.62. The van der Waals surface area contributed by atoms with Crippen molar-refractivity contribution < 1.29 is 15.1 Å². The predicted molar refractivity (Wildman–Crippen MR) is 79.1 cm³/mol. The minimum absolute atomic E-state index is 0.0257. The van der Waals surface area contributed by atoms with E-state index in [4.69, 9.17) is 4.74 Å². The van der Waals surface area contributed by atoms with Gasteiger partial charge in [0.05, 0.1) is 6.54 Å². The molecule has 1 unspecified atom stereocenters. The summed E-state index contributed by atoms with van der Waals surface area (Å²) in [6.07, 6.45) is -0.735. The van der Waals surface area contributed by atoms with Crippen molar-refractivity contribution in [2.45, 2.75) is 26.0 Å². The first-order chi connectivity index (χ1) is 9.58. The second-order valence-corrected chi connectivity index (χ2v) is 5.16. The van der Waals surface area contributed by atoms with Crippen molar-refractivity contribution in [1.29, 1.82) is 0 Å². The monoisotopic (exact) mass is 275 g/mol. The van der Waals surface area contributed by atoms with Crippen LogP contribution in [0.2, 0.25) is 0 Å². The van der Waals surface area contributed by atoms with E-state index < -0.39 is 6.10 Å². The van der Waals surface area contributed by atoms with E-state index in [-0.39, 0.29) is 19.2 Å². The number of benzene rings is 2. The van der Waals surface area contributed by atoms with Gasteiger partial charge in [-0.1, -0.05) is 36.4 Å². The van der Waals surface area contributed by atoms with Gasteiger partial charge in [0.15, 0.2) is 0 Å². The molecule has 2 aromatic rings. The molecule has 0 aliphatic heterocycles. The smallest absolute Gasteiger partial charge is 0.127 e. The first-order valence-electron chi connectivity index (χ1n) is 6.82. The van der Waals surface area contributed by atoms with Crippen LogP contribution < -0.4 is 4.74 Å². The van der Waals surface area contributed by atoms with Gasteiger partial charge in [-0.05, 0) is 25.3 Å². The molecule has 4 nitrogen and oxygen atoms in total. The zero-order valence-electron chi connectivity index (χ0n) is 11.9. The summed E-state index contributed by atoms with van der Waals surface area (Å²) in [5, 5.41) is 22.7. The fourth-order valence-electron chi connectivity index (χ4n) is 1.99. The molecular weight excluding hydrogens is 254 g/mol. The van der Waals surface area contributed by atoms with Crippen LogP contribution in [0.25, 0.3) is 10.8 Å². The molecule has 0 aromatic heterocycles. The number of aliphatic hydroxyl groups is 1. The number of fused-ring (bicyclic) bond motifs is 1. The van der Waals surface area contributed by atoms with Gasteiger partial charge in [0.1, 0.15) is 18.5 Å². The second kappa shape index (κ2) is 6.70. The van der Waals surface area contributed by atoms with E-state index in [2.05, 4.69) is 0 Å². The Labute approximate surface area is 119 Å². The molecule has 2 aromatic carbocycles. The second-order valence-electron chi connectivity index (χ2n) is 5.16. The average Bonchev–Trinajstić information content (AvgIpc) is 2.44. The van der Waals surface area contributed by atoms with E-state index >= 15 is 0 Å². The molecule has 108 valence electrons. The number of ether oxygens (including phenoxy) is 1. The minimum Gasteiger partial charge on any atom is -0.490 e. The molecule has 0 aliphatic rings. The molecule has 0 radical (unpaired) electrons. The van der Waals surface area contributed by atoms with E-state index in [9.17, 15) is 10.3 Å². The molecule has 0 aliphatic carbocycles. The van der Waals surface area contributed by atoms with Crippen LogP contribution in [-0.2, 0) is 0 Å². The van der Waals surface area contributed by atoms with E-state index in [1.165, 1.54) is 0 Å². The van der Waals surface area contributed by atoms with Crippen molar-refractivity contribution in [3.05, 3.63) is 42.5 Å². The van der Waals surface area contributed by atoms with Crippen LogP contribution >= 0.6 is 0 Å². The summed E-state index contributed by atoms with van der Waals surface area (Å²) >= 11 is 0. The Balaban J connectivity index is 1.99. The summed E-state index contributed by atoms with van der Waals surface area (Å²) in [5.41, 5.74) is 0. The molecule has 0 saturated heterocycles. The summed E-state index contributed by atoms with van der Waals surface area (Å²) in [7, 11) is 0. The summed E-state index contributed by atoms with van der Waals surface area (Å²) < 4.78 is 5.67. The highest BCUT2D eigenvalue weighted by Gasteiger charge is 2.13. The SMILES string of the molecule is CC(C)N(O)CC(O)COc1cccc2ccccc12. The maximum absolute atomic E-state index is 9.88. The lowest BCUT2D eigenvalue weighted by Gasteiger charge is -2.22. The normalized spacial score (nSPS) is 13.1. The fourth-order valence-corrected chi connectivity index (χ4v) is 1.99. The lowest BCUT2D eigenvalue weighted by Crippen LogP contribution is -2.37. The van der Waals surface area contributed by atoms with Gasteiger partial charge in [0, 0.05) is 11.4 Å². The quantitative estimate of drug-likeness (QED) is 0.796. The van der Waals surface area contributed by atoms with Crippen molar-refractivity contribution >= 4 is 10.8 Å². The number of hydrogen-bond donors (Lipinski definition) is 2. The van der Waals surface area contributed by atoms with Gasteiger partial charge < -0.3 is 15.1 Å². The summed E-state index contributed by atoms with van der Waals surface area (Å²) in [6, 6.07) is 13.8. The topological polar surface area (TPSA) is 52.9 Å². The molecule has 0 saturated carbocycles. The number of aliphatic hydroxyl groups excluding tert-OH is 1. The van der Waals surface area contributed by atoms with E-state index in [0.717, 1.165) is 21.6 Å². The highest BCUT2D eigenvalue weighted by molar-refractivity contribution is 5.88. The Kier molecular flexibility index (Phi) is 4.95. The lowest BCUT2D eigenvalue weighted by atomic mass is 10.1. The van der Waals surface area contributed by atoms with Crippen molar-refractivity contribution in [3.8, 4) is 5.75 Å². The highest BCUT2D eigenvalue weighted by atomic mass is 16.5. The Morgan fingerprint density at radius 2 is 1.80 bits per heavy atom. The van der Waals surface area contributed by atoms with Crippen molar-refractivity contribution in [2.24, 2.45) is 0 Å². The summed E-state index contributed by atoms with van der Waals surface area (Å²) in [4.78, 5) is 0. The number of nitrogens with zero attached hydrogens (tertiary/aromatic N) is 1. The van der Waals surface area contributed by atoms with Crippen LogP contribution in [0.4, 0.5) is 0 Å². The number of hydrogen-bond acceptors (Lipinski definition) is 4. The number of rotatable bonds is 6. The third-order valence-electron chi connectivity index (χ3n) is 3.17. The summed E-state index contributed by atoms with van der Waals surface area (Å²) in [6.45, 7) is 4.04. The van der Waals surface area contributed by atoms with Crippen LogP contribution in [0, 0.1) is 0 Å². The molecule has 0 bridgehead atoms. The fraction of sp³-hybridized carbons (Fsp3) is 0.375. The van der Waals surface area contributed by atoms with Crippen LogP contribution in [0.15, 0.2) is 42.5 Å². The van der Waals surface area contributed by atoms with Gasteiger partial charge in [-0.3, -0.25) is 0 Å². The molecule has 4 heteroatoms. The zero-order chi connectivity index (χ0) is 14.5. The Morgan fingerprint density at radius 1 is 1.10 bits per heavy atom. The largest absolute Gasteiger partial charge is 0.490 e. The molecule has 0 spiro atoms. The minimum atomic E-state index is -0.735. The van der Waals surface area contributed by atoms with Gasteiger partial charge in [0.25, 0.3) is 0 Å². The molecule has 2 N–H and O–H groups in total. The molecular formula is C16H21NO3. The average molecular weight is 275 g/mol. The van der Waals surface area contributed by atoms with E-state index in [1.807, 2.05) is 56.3 Å². The highest BCUT2D eigenvalue weighted by Crippen LogP contribution is 2.25. The molecule has 0 fully saturated rings. The predicted octanol–water partition coefficient (Wildman–Crippen LogP) is 2.68. The van der Waals surface area contributed by atoms with Gasteiger partial charge in [-0.25, -0.2) is 0 Å². The molecule has 20 heavy (non-hydrogen) atoms. The Morgan fingerprint density at radius 3 is 2.55 bits per heavy atom. The van der Waals surface area contributed by atoms with E-state index in [0.29, 0.717) is 0 Å². The molecule has 1 atom stereocenters. The van der Waals surface area contributed by atoms with Crippen LogP contribution in [0.3, 0.4) is 0 Å².